The van der Waals surface area contributed by atoms with Crippen LogP contribution in [0.15, 0.2) is 168 Å². The van der Waals surface area contributed by atoms with Crippen molar-refractivity contribution in [1.82, 2.24) is 14.5 Å². The molecular weight excluding hydrogens is 587 g/mol. The smallest absolute Gasteiger partial charge is 0.235 e. The van der Waals surface area contributed by atoms with Crippen LogP contribution in [0.5, 0.6) is 0 Å². The Morgan fingerprint density at radius 3 is 1.81 bits per heavy atom. The highest BCUT2D eigenvalue weighted by Gasteiger charge is 2.22. The molecule has 0 radical (unpaired) electrons. The van der Waals surface area contributed by atoms with Gasteiger partial charge in [-0.3, -0.25) is 4.57 Å². The molecule has 0 aliphatic carbocycles. The van der Waals surface area contributed by atoms with E-state index in [2.05, 4.69) is 156 Å². The molecule has 0 amide bonds. The summed E-state index contributed by atoms with van der Waals surface area (Å²) in [4.78, 5) is 10.5. The summed E-state index contributed by atoms with van der Waals surface area (Å²) in [7, 11) is 0. The predicted molar refractivity (Wildman–Crippen MR) is 197 cm³/mol. The fraction of sp³-hybridized carbons (Fsp3) is 0. The molecule has 0 aliphatic heterocycles. The van der Waals surface area contributed by atoms with Gasteiger partial charge in [-0.2, -0.15) is 0 Å². The third-order valence-electron chi connectivity index (χ3n) is 9.43. The molecule has 3 heterocycles. The molecule has 48 heavy (non-hydrogen) atoms. The molecule has 10 aromatic rings. The normalized spacial score (nSPS) is 11.8. The number of aromatic nitrogens is 3. The van der Waals surface area contributed by atoms with Gasteiger partial charge in [-0.1, -0.05) is 146 Å². The minimum absolute atomic E-state index is 0.622. The van der Waals surface area contributed by atoms with Crippen molar-refractivity contribution in [2.75, 3.05) is 0 Å². The Hall–Kier alpha value is -6.52. The minimum atomic E-state index is 0.622. The molecule has 0 spiro atoms. The maximum atomic E-state index is 6.73. The van der Waals surface area contributed by atoms with Crippen molar-refractivity contribution in [2.24, 2.45) is 0 Å². The molecule has 4 heteroatoms. The van der Waals surface area contributed by atoms with E-state index in [9.17, 15) is 0 Å². The highest BCUT2D eigenvalue weighted by atomic mass is 16.3. The van der Waals surface area contributed by atoms with Crippen molar-refractivity contribution >= 4 is 54.5 Å². The predicted octanol–water partition coefficient (Wildman–Crippen LogP) is 11.6. The van der Waals surface area contributed by atoms with Crippen molar-refractivity contribution < 1.29 is 4.42 Å². The molecule has 0 fully saturated rings. The van der Waals surface area contributed by atoms with Crippen LogP contribution in [0.25, 0.3) is 94.1 Å². The Morgan fingerprint density at radius 2 is 1.06 bits per heavy atom. The molecule has 4 nitrogen and oxygen atoms in total. The zero-order valence-corrected chi connectivity index (χ0v) is 25.8. The van der Waals surface area contributed by atoms with Gasteiger partial charge in [-0.05, 0) is 29.0 Å². The van der Waals surface area contributed by atoms with Gasteiger partial charge in [0.05, 0.1) is 22.4 Å². The zero-order valence-electron chi connectivity index (χ0n) is 25.8. The topological polar surface area (TPSA) is 43.9 Å². The first kappa shape index (κ1) is 26.7. The molecular formula is C44H27N3O. The van der Waals surface area contributed by atoms with E-state index < -0.39 is 0 Å². The van der Waals surface area contributed by atoms with Crippen LogP contribution in [-0.2, 0) is 0 Å². The van der Waals surface area contributed by atoms with Gasteiger partial charge in [0.1, 0.15) is 11.2 Å². The van der Waals surface area contributed by atoms with Gasteiger partial charge in [0.25, 0.3) is 0 Å². The van der Waals surface area contributed by atoms with Crippen molar-refractivity contribution in [2.45, 2.75) is 0 Å². The second-order valence-corrected chi connectivity index (χ2v) is 12.2. The van der Waals surface area contributed by atoms with Crippen LogP contribution in [0, 0.1) is 0 Å². The Bertz CT molecular complexity index is 2770. The highest BCUT2D eigenvalue weighted by molar-refractivity contribution is 6.22. The molecule has 0 saturated carbocycles. The standard InChI is InChI=1S/C44H27N3O/c1-3-14-29(15-4-1)37-27-38(30-16-5-2-6-17-30)46-44(45-37)47-39-24-10-9-19-32(39)33-20-11-21-34(42(33)47)35-22-12-23-36-41-31-18-8-7-13-28(31)25-26-40(41)48-43(35)36/h1-27H. The molecule has 7 aromatic carbocycles. The van der Waals surface area contributed by atoms with Gasteiger partial charge in [-0.15, -0.1) is 0 Å². The number of benzene rings is 7. The molecule has 10 rings (SSSR count). The summed E-state index contributed by atoms with van der Waals surface area (Å²) < 4.78 is 8.96. The lowest BCUT2D eigenvalue weighted by Crippen LogP contribution is -2.04. The molecule has 3 aromatic heterocycles. The van der Waals surface area contributed by atoms with E-state index in [-0.39, 0.29) is 0 Å². The van der Waals surface area contributed by atoms with Crippen LogP contribution in [0.2, 0.25) is 0 Å². The molecule has 0 bridgehead atoms. The van der Waals surface area contributed by atoms with Crippen LogP contribution < -0.4 is 0 Å². The number of hydrogen-bond acceptors (Lipinski definition) is 3. The molecule has 224 valence electrons. The van der Waals surface area contributed by atoms with Crippen molar-refractivity contribution in [3.8, 4) is 39.6 Å². The number of furan rings is 1. The average Bonchev–Trinajstić information content (AvgIpc) is 3.72. The summed E-state index contributed by atoms with van der Waals surface area (Å²) >= 11 is 0. The monoisotopic (exact) mass is 613 g/mol. The second kappa shape index (κ2) is 10.5. The van der Waals surface area contributed by atoms with E-state index in [0.717, 1.165) is 77.4 Å². The van der Waals surface area contributed by atoms with Gasteiger partial charge in [0.2, 0.25) is 5.95 Å². The largest absolute Gasteiger partial charge is 0.455 e. The van der Waals surface area contributed by atoms with E-state index in [1.165, 1.54) is 10.8 Å². The first-order valence-electron chi connectivity index (χ1n) is 16.2. The summed E-state index contributed by atoms with van der Waals surface area (Å²) in [5.41, 5.74) is 9.76. The maximum Gasteiger partial charge on any atom is 0.235 e. The summed E-state index contributed by atoms with van der Waals surface area (Å²) in [6.45, 7) is 0. The third kappa shape index (κ3) is 4.03. The van der Waals surface area contributed by atoms with Gasteiger partial charge >= 0.3 is 0 Å². The van der Waals surface area contributed by atoms with Crippen LogP contribution in [0.1, 0.15) is 0 Å². The van der Waals surface area contributed by atoms with Gasteiger partial charge in [0.15, 0.2) is 0 Å². The SMILES string of the molecule is c1ccc(-c2cc(-c3ccccc3)nc(-n3c4ccccc4c4cccc(-c5cccc6c5oc5ccc7ccccc7c56)c43)n2)cc1. The van der Waals surface area contributed by atoms with E-state index in [4.69, 9.17) is 14.4 Å². The average molecular weight is 614 g/mol. The number of hydrogen-bond donors (Lipinski definition) is 0. The lowest BCUT2D eigenvalue weighted by molar-refractivity contribution is 0.670. The van der Waals surface area contributed by atoms with Crippen LogP contribution >= 0.6 is 0 Å². The van der Waals surface area contributed by atoms with Gasteiger partial charge in [0, 0.05) is 43.8 Å². The lowest BCUT2D eigenvalue weighted by Gasteiger charge is -2.13. The Kier molecular flexibility index (Phi) is 5.84. The van der Waals surface area contributed by atoms with E-state index in [0.29, 0.717) is 5.95 Å². The van der Waals surface area contributed by atoms with Crippen molar-refractivity contribution in [3.63, 3.8) is 0 Å². The summed E-state index contributed by atoms with van der Waals surface area (Å²) in [5, 5.41) is 6.92. The number of rotatable bonds is 4. The lowest BCUT2D eigenvalue weighted by atomic mass is 9.98. The second-order valence-electron chi connectivity index (χ2n) is 12.2. The van der Waals surface area contributed by atoms with E-state index >= 15 is 0 Å². The van der Waals surface area contributed by atoms with E-state index in [1.54, 1.807) is 0 Å². The molecule has 0 aliphatic rings. The Morgan fingerprint density at radius 1 is 0.458 bits per heavy atom. The number of para-hydroxylation sites is 3. The van der Waals surface area contributed by atoms with Crippen LogP contribution in [0.3, 0.4) is 0 Å². The van der Waals surface area contributed by atoms with Gasteiger partial charge in [-0.25, -0.2) is 9.97 Å². The highest BCUT2D eigenvalue weighted by Crippen LogP contribution is 2.43. The Balaban J connectivity index is 1.31. The fourth-order valence-electron chi connectivity index (χ4n) is 7.27. The first-order valence-corrected chi connectivity index (χ1v) is 16.2. The minimum Gasteiger partial charge on any atom is -0.455 e. The van der Waals surface area contributed by atoms with Crippen molar-refractivity contribution in [3.05, 3.63) is 164 Å². The third-order valence-corrected chi connectivity index (χ3v) is 9.43. The number of nitrogens with zero attached hydrogens (tertiary/aromatic N) is 3. The molecule has 0 saturated heterocycles. The summed E-state index contributed by atoms with van der Waals surface area (Å²) in [6, 6.07) is 57.0. The summed E-state index contributed by atoms with van der Waals surface area (Å²) in [6.07, 6.45) is 0. The fourth-order valence-corrected chi connectivity index (χ4v) is 7.27. The van der Waals surface area contributed by atoms with E-state index in [1.807, 2.05) is 12.1 Å². The first-order chi connectivity index (χ1) is 23.8. The maximum absolute atomic E-state index is 6.73. The zero-order chi connectivity index (χ0) is 31.6. The molecule has 0 atom stereocenters. The van der Waals surface area contributed by atoms with Crippen LogP contribution in [-0.4, -0.2) is 14.5 Å². The van der Waals surface area contributed by atoms with Crippen molar-refractivity contribution in [1.29, 1.82) is 0 Å². The Labute approximate surface area is 276 Å². The molecule has 0 N–H and O–H groups in total. The quantitative estimate of drug-likeness (QED) is 0.198. The van der Waals surface area contributed by atoms with Gasteiger partial charge < -0.3 is 4.42 Å². The summed E-state index contributed by atoms with van der Waals surface area (Å²) in [5.74, 6) is 0.622. The molecule has 0 unspecified atom stereocenters. The van der Waals surface area contributed by atoms with Crippen LogP contribution in [0.4, 0.5) is 0 Å². The number of fused-ring (bicyclic) bond motifs is 8.